The van der Waals surface area contributed by atoms with Crippen molar-refractivity contribution in [3.63, 3.8) is 0 Å². The van der Waals surface area contributed by atoms with Gasteiger partial charge in [-0.1, -0.05) is 115 Å². The summed E-state index contributed by atoms with van der Waals surface area (Å²) in [5, 5.41) is 6.03. The van der Waals surface area contributed by atoms with Crippen LogP contribution in [-0.2, 0) is 0 Å². The summed E-state index contributed by atoms with van der Waals surface area (Å²) >= 11 is 1.75. The van der Waals surface area contributed by atoms with E-state index in [1.54, 1.807) is 11.3 Å². The molecule has 53 heavy (non-hydrogen) atoms. The fourth-order valence-electron chi connectivity index (χ4n) is 8.11. The van der Waals surface area contributed by atoms with E-state index < -0.39 is 0 Å². The van der Waals surface area contributed by atoms with Gasteiger partial charge in [0.05, 0.1) is 38.0 Å². The van der Waals surface area contributed by atoms with Crippen LogP contribution in [0.25, 0.3) is 98.0 Å². The smallest absolute Gasteiger partial charge is 0.126 e. The van der Waals surface area contributed by atoms with Gasteiger partial charge in [0.15, 0.2) is 0 Å². The maximum absolute atomic E-state index is 5.04. The van der Waals surface area contributed by atoms with Crippen molar-refractivity contribution in [2.45, 2.75) is 0 Å². The first-order chi connectivity index (χ1) is 26.3. The number of hydrogen-bond donors (Lipinski definition) is 0. The topological polar surface area (TPSA) is 22.8 Å². The van der Waals surface area contributed by atoms with Crippen LogP contribution in [0.15, 0.2) is 188 Å². The zero-order valence-electron chi connectivity index (χ0n) is 28.6. The summed E-state index contributed by atoms with van der Waals surface area (Å²) in [5.41, 5.74) is 14.1. The van der Waals surface area contributed by atoms with Crippen LogP contribution in [0.4, 0.5) is 0 Å². The molecule has 0 unspecified atom stereocenters. The molecule has 0 bridgehead atoms. The molecule has 0 saturated heterocycles. The largest absolute Gasteiger partial charge is 0.309 e. The van der Waals surface area contributed by atoms with Crippen molar-refractivity contribution in [1.82, 2.24) is 14.1 Å². The zero-order chi connectivity index (χ0) is 34.9. The number of hydrogen-bond acceptors (Lipinski definition) is 2. The predicted octanol–water partition coefficient (Wildman–Crippen LogP) is 13.5. The highest BCUT2D eigenvalue weighted by molar-refractivity contribution is 7.21. The van der Waals surface area contributed by atoms with Crippen LogP contribution in [0.5, 0.6) is 0 Å². The molecule has 0 saturated carbocycles. The van der Waals surface area contributed by atoms with Gasteiger partial charge in [0.1, 0.15) is 5.01 Å². The Morgan fingerprint density at radius 3 is 1.57 bits per heavy atom. The van der Waals surface area contributed by atoms with Crippen LogP contribution in [0.2, 0.25) is 0 Å². The number of nitrogens with zero attached hydrogens (tertiary/aromatic N) is 3. The van der Waals surface area contributed by atoms with E-state index in [9.17, 15) is 0 Å². The first-order valence-electron chi connectivity index (χ1n) is 18.0. The monoisotopic (exact) mass is 693 g/mol. The number of rotatable bonds is 5. The van der Waals surface area contributed by atoms with E-state index in [1.807, 2.05) is 0 Å². The SMILES string of the molecule is c1ccc(-n2c3ccccc3c3cc(-c4ccc(-c5ccc6c(c5)c5ccccc5n6-c5ccccc5-c5nc6ccccc6s5)cc4)ccc32)cc1. The molecular weight excluding hydrogens is 663 g/mol. The Balaban J connectivity index is 0.994. The van der Waals surface area contributed by atoms with E-state index in [0.29, 0.717) is 0 Å². The normalized spacial score (nSPS) is 11.8. The zero-order valence-corrected chi connectivity index (χ0v) is 29.5. The van der Waals surface area contributed by atoms with Crippen molar-refractivity contribution < 1.29 is 0 Å². The molecule has 3 aromatic heterocycles. The van der Waals surface area contributed by atoms with Gasteiger partial charge in [-0.05, 0) is 95.1 Å². The third-order valence-electron chi connectivity index (χ3n) is 10.6. The quantitative estimate of drug-likeness (QED) is 0.176. The summed E-state index contributed by atoms with van der Waals surface area (Å²) in [6.07, 6.45) is 0. The van der Waals surface area contributed by atoms with E-state index in [1.165, 1.54) is 76.3 Å². The van der Waals surface area contributed by atoms with Crippen LogP contribution in [0.3, 0.4) is 0 Å². The van der Waals surface area contributed by atoms with Crippen molar-refractivity contribution in [3.8, 4) is 44.2 Å². The summed E-state index contributed by atoms with van der Waals surface area (Å²) in [4.78, 5) is 5.04. The minimum atomic E-state index is 1.03. The average molecular weight is 694 g/mol. The number of benzene rings is 8. The van der Waals surface area contributed by atoms with Crippen molar-refractivity contribution >= 4 is 65.2 Å². The van der Waals surface area contributed by atoms with Crippen molar-refractivity contribution in [2.24, 2.45) is 0 Å². The molecule has 4 heteroatoms. The third-order valence-corrected chi connectivity index (χ3v) is 11.7. The minimum Gasteiger partial charge on any atom is -0.309 e. The molecule has 3 heterocycles. The van der Waals surface area contributed by atoms with Crippen molar-refractivity contribution in [3.05, 3.63) is 188 Å². The molecule has 0 amide bonds. The Morgan fingerprint density at radius 1 is 0.377 bits per heavy atom. The van der Waals surface area contributed by atoms with Gasteiger partial charge >= 0.3 is 0 Å². The van der Waals surface area contributed by atoms with Gasteiger partial charge in [-0.25, -0.2) is 4.98 Å². The summed E-state index contributed by atoms with van der Waals surface area (Å²) in [5.74, 6) is 0. The molecule has 248 valence electrons. The van der Waals surface area contributed by atoms with Crippen LogP contribution >= 0.6 is 11.3 Å². The summed E-state index contributed by atoms with van der Waals surface area (Å²) in [6.45, 7) is 0. The summed E-state index contributed by atoms with van der Waals surface area (Å²) in [6, 6.07) is 67.9. The molecule has 0 aliphatic rings. The number of fused-ring (bicyclic) bond motifs is 7. The third kappa shape index (κ3) is 4.77. The second-order valence-corrected chi connectivity index (χ2v) is 14.6. The van der Waals surface area contributed by atoms with Gasteiger partial charge in [0.2, 0.25) is 0 Å². The lowest BCUT2D eigenvalue weighted by molar-refractivity contribution is 1.18. The number of para-hydroxylation sites is 5. The van der Waals surface area contributed by atoms with Gasteiger partial charge in [-0.3, -0.25) is 0 Å². The van der Waals surface area contributed by atoms with Gasteiger partial charge in [0.25, 0.3) is 0 Å². The minimum absolute atomic E-state index is 1.03. The lowest BCUT2D eigenvalue weighted by Gasteiger charge is -2.12. The molecule has 0 aliphatic carbocycles. The molecule has 0 spiro atoms. The standard InChI is InChI=1S/C49H31N3S/c1-2-12-36(13-3-1)51-43-18-8-4-14-37(43)40-30-34(26-28-46(40)51)32-22-24-33(25-23-32)35-27-29-47-41(31-35)38-15-5-9-19-44(38)52(47)45-20-10-6-16-39(45)49-50-42-17-7-11-21-48(42)53-49/h1-31H. The molecular formula is C49H31N3S. The lowest BCUT2D eigenvalue weighted by Crippen LogP contribution is -1.96. The maximum Gasteiger partial charge on any atom is 0.126 e. The fraction of sp³-hybridized carbons (Fsp3) is 0. The van der Waals surface area contributed by atoms with E-state index in [2.05, 4.69) is 197 Å². The highest BCUT2D eigenvalue weighted by atomic mass is 32.1. The highest BCUT2D eigenvalue weighted by Crippen LogP contribution is 2.40. The van der Waals surface area contributed by atoms with Crippen LogP contribution < -0.4 is 0 Å². The Kier molecular flexibility index (Phi) is 6.73. The lowest BCUT2D eigenvalue weighted by atomic mass is 9.98. The van der Waals surface area contributed by atoms with Crippen molar-refractivity contribution in [2.75, 3.05) is 0 Å². The highest BCUT2D eigenvalue weighted by Gasteiger charge is 2.18. The van der Waals surface area contributed by atoms with E-state index in [-0.39, 0.29) is 0 Å². The maximum atomic E-state index is 5.04. The van der Waals surface area contributed by atoms with E-state index in [4.69, 9.17) is 4.98 Å². The molecule has 0 aliphatic heterocycles. The Bertz CT molecular complexity index is 3130. The van der Waals surface area contributed by atoms with Crippen LogP contribution in [0, 0.1) is 0 Å². The molecule has 0 N–H and O–H groups in total. The van der Waals surface area contributed by atoms with Crippen LogP contribution in [0.1, 0.15) is 0 Å². The van der Waals surface area contributed by atoms with E-state index in [0.717, 1.165) is 21.8 Å². The van der Waals surface area contributed by atoms with Crippen molar-refractivity contribution in [1.29, 1.82) is 0 Å². The van der Waals surface area contributed by atoms with Gasteiger partial charge < -0.3 is 9.13 Å². The predicted molar refractivity (Wildman–Crippen MR) is 225 cm³/mol. The van der Waals surface area contributed by atoms with Gasteiger partial charge in [-0.2, -0.15) is 0 Å². The first kappa shape index (κ1) is 29.9. The second-order valence-electron chi connectivity index (χ2n) is 13.6. The van der Waals surface area contributed by atoms with E-state index >= 15 is 0 Å². The van der Waals surface area contributed by atoms with Gasteiger partial charge in [0, 0.05) is 32.8 Å². The molecule has 0 radical (unpaired) electrons. The molecule has 0 fully saturated rings. The molecule has 11 rings (SSSR count). The molecule has 11 aromatic rings. The average Bonchev–Trinajstić information content (AvgIpc) is 3.91. The Morgan fingerprint density at radius 2 is 0.887 bits per heavy atom. The molecule has 0 atom stereocenters. The number of aromatic nitrogens is 3. The molecule has 8 aromatic carbocycles. The fourth-order valence-corrected chi connectivity index (χ4v) is 9.11. The van der Waals surface area contributed by atoms with Crippen LogP contribution in [-0.4, -0.2) is 14.1 Å². The molecule has 3 nitrogen and oxygen atoms in total. The summed E-state index contributed by atoms with van der Waals surface area (Å²) in [7, 11) is 0. The second kappa shape index (κ2) is 11.9. The Hall–Kier alpha value is -6.75. The first-order valence-corrected chi connectivity index (χ1v) is 18.8. The summed E-state index contributed by atoms with van der Waals surface area (Å²) < 4.78 is 5.97. The number of thiazole rings is 1. The van der Waals surface area contributed by atoms with Gasteiger partial charge in [-0.15, -0.1) is 11.3 Å². The Labute approximate surface area is 310 Å².